The quantitative estimate of drug-likeness (QED) is 0.859. The first kappa shape index (κ1) is 18.0. The Morgan fingerprint density at radius 2 is 2.08 bits per heavy atom. The summed E-state index contributed by atoms with van der Waals surface area (Å²) in [6.07, 6.45) is 1.49. The zero-order chi connectivity index (χ0) is 18.7. The van der Waals surface area contributed by atoms with Gasteiger partial charge in [0.25, 0.3) is 0 Å². The highest BCUT2D eigenvalue weighted by Gasteiger charge is 2.33. The summed E-state index contributed by atoms with van der Waals surface area (Å²) in [6, 6.07) is 5.20. The molecule has 0 spiro atoms. The van der Waals surface area contributed by atoms with Gasteiger partial charge in [0.1, 0.15) is 17.7 Å². The molecule has 0 radical (unpaired) electrons. The Hall–Kier alpha value is -2.84. The first-order valence-corrected chi connectivity index (χ1v) is 8.46. The van der Waals surface area contributed by atoms with Gasteiger partial charge in [0.05, 0.1) is 5.92 Å². The fourth-order valence-corrected chi connectivity index (χ4v) is 3.24. The van der Waals surface area contributed by atoms with Crippen molar-refractivity contribution in [3.8, 4) is 0 Å². The second kappa shape index (κ2) is 7.59. The Morgan fingerprint density at radius 1 is 1.35 bits per heavy atom. The van der Waals surface area contributed by atoms with Gasteiger partial charge in [-0.15, -0.1) is 5.10 Å². The van der Waals surface area contributed by atoms with E-state index in [-0.39, 0.29) is 18.3 Å². The first-order chi connectivity index (χ1) is 12.5. The van der Waals surface area contributed by atoms with Gasteiger partial charge in [0.15, 0.2) is 0 Å². The first-order valence-electron chi connectivity index (χ1n) is 8.46. The smallest absolute Gasteiger partial charge is 0.308 e. The summed E-state index contributed by atoms with van der Waals surface area (Å²) in [4.78, 5) is 26.0. The van der Waals surface area contributed by atoms with Crippen molar-refractivity contribution in [2.45, 2.75) is 32.2 Å². The second-order valence-corrected chi connectivity index (χ2v) is 6.48. The SMILES string of the molecule is Cc1nnnn1C(Cc1ccc(F)cc1)C(=O)N1CCCC(C(=O)O)C1. The van der Waals surface area contributed by atoms with Crippen LogP contribution in [0.3, 0.4) is 0 Å². The number of likely N-dealkylation sites (tertiary alicyclic amines) is 1. The van der Waals surface area contributed by atoms with Crippen molar-refractivity contribution in [2.75, 3.05) is 13.1 Å². The van der Waals surface area contributed by atoms with Crippen molar-refractivity contribution >= 4 is 11.9 Å². The van der Waals surface area contributed by atoms with E-state index in [1.807, 2.05) is 0 Å². The molecule has 2 atom stereocenters. The number of hydrogen-bond acceptors (Lipinski definition) is 5. The van der Waals surface area contributed by atoms with Crippen molar-refractivity contribution in [3.05, 3.63) is 41.5 Å². The number of nitrogens with zero attached hydrogens (tertiary/aromatic N) is 5. The predicted octanol–water partition coefficient (Wildman–Crippen LogP) is 1.23. The molecule has 1 aromatic heterocycles. The highest BCUT2D eigenvalue weighted by atomic mass is 19.1. The lowest BCUT2D eigenvalue weighted by Gasteiger charge is -2.33. The van der Waals surface area contributed by atoms with Gasteiger partial charge in [-0.05, 0) is 47.9 Å². The van der Waals surface area contributed by atoms with Crippen LogP contribution in [0.4, 0.5) is 4.39 Å². The number of benzene rings is 1. The van der Waals surface area contributed by atoms with E-state index in [2.05, 4.69) is 15.5 Å². The number of halogens is 1. The molecule has 1 aliphatic rings. The zero-order valence-electron chi connectivity index (χ0n) is 14.4. The fourth-order valence-electron chi connectivity index (χ4n) is 3.24. The number of carboxylic acid groups (broad SMARTS) is 1. The average Bonchev–Trinajstić information content (AvgIpc) is 3.06. The van der Waals surface area contributed by atoms with E-state index in [0.717, 1.165) is 5.56 Å². The molecule has 2 unspecified atom stereocenters. The van der Waals surface area contributed by atoms with Gasteiger partial charge in [0.2, 0.25) is 5.91 Å². The third-order valence-electron chi connectivity index (χ3n) is 4.66. The van der Waals surface area contributed by atoms with E-state index in [9.17, 15) is 19.1 Å². The minimum Gasteiger partial charge on any atom is -0.481 e. The summed E-state index contributed by atoms with van der Waals surface area (Å²) >= 11 is 0. The lowest BCUT2D eigenvalue weighted by atomic mass is 9.96. The van der Waals surface area contributed by atoms with E-state index in [1.165, 1.54) is 16.8 Å². The van der Waals surface area contributed by atoms with Crippen molar-refractivity contribution < 1.29 is 19.1 Å². The summed E-state index contributed by atoms with van der Waals surface area (Å²) < 4.78 is 14.6. The van der Waals surface area contributed by atoms with Crippen LogP contribution in [0.25, 0.3) is 0 Å². The van der Waals surface area contributed by atoms with Crippen LogP contribution in [0.5, 0.6) is 0 Å². The van der Waals surface area contributed by atoms with Crippen molar-refractivity contribution in [1.29, 1.82) is 0 Å². The van der Waals surface area contributed by atoms with Gasteiger partial charge >= 0.3 is 5.97 Å². The van der Waals surface area contributed by atoms with Crippen LogP contribution in [-0.4, -0.2) is 55.2 Å². The number of aliphatic carboxylic acids is 1. The molecular weight excluding hydrogens is 341 g/mol. The lowest BCUT2D eigenvalue weighted by molar-refractivity contribution is -0.146. The molecule has 1 saturated heterocycles. The molecule has 3 rings (SSSR count). The number of hydrogen-bond donors (Lipinski definition) is 1. The van der Waals surface area contributed by atoms with Gasteiger partial charge in [-0.3, -0.25) is 9.59 Å². The van der Waals surface area contributed by atoms with Crippen LogP contribution in [0.1, 0.15) is 30.3 Å². The maximum Gasteiger partial charge on any atom is 0.308 e. The van der Waals surface area contributed by atoms with E-state index < -0.39 is 17.9 Å². The summed E-state index contributed by atoms with van der Waals surface area (Å²) in [7, 11) is 0. The molecule has 1 aromatic carbocycles. The number of tetrazole rings is 1. The molecule has 1 N–H and O–H groups in total. The highest BCUT2D eigenvalue weighted by molar-refractivity contribution is 5.82. The van der Waals surface area contributed by atoms with E-state index in [1.54, 1.807) is 24.0 Å². The Labute approximate surface area is 149 Å². The Morgan fingerprint density at radius 3 is 2.69 bits per heavy atom. The number of aromatic nitrogens is 4. The third kappa shape index (κ3) is 3.87. The molecule has 0 bridgehead atoms. The van der Waals surface area contributed by atoms with Crippen LogP contribution in [0, 0.1) is 18.7 Å². The zero-order valence-corrected chi connectivity index (χ0v) is 14.4. The molecular formula is C17H20FN5O3. The minimum atomic E-state index is -0.892. The topological polar surface area (TPSA) is 101 Å². The molecule has 2 aromatic rings. The van der Waals surface area contributed by atoms with Crippen LogP contribution < -0.4 is 0 Å². The standard InChI is InChI=1S/C17H20FN5O3/c1-11-19-20-21-23(11)15(9-12-4-6-14(18)7-5-12)16(24)22-8-2-3-13(10-22)17(25)26/h4-7,13,15H,2-3,8-10H2,1H3,(H,25,26). The van der Waals surface area contributed by atoms with Gasteiger partial charge < -0.3 is 10.0 Å². The number of carboxylic acids is 1. The van der Waals surface area contributed by atoms with Crippen LogP contribution in [0.2, 0.25) is 0 Å². The molecule has 26 heavy (non-hydrogen) atoms. The summed E-state index contributed by atoms with van der Waals surface area (Å²) in [5.41, 5.74) is 0.770. The summed E-state index contributed by atoms with van der Waals surface area (Å²) in [5.74, 6) is -1.55. The molecule has 2 heterocycles. The molecule has 1 amide bonds. The summed E-state index contributed by atoms with van der Waals surface area (Å²) in [5, 5.41) is 20.6. The van der Waals surface area contributed by atoms with Gasteiger partial charge in [-0.2, -0.15) is 0 Å². The number of carbonyl (C=O) groups excluding carboxylic acids is 1. The van der Waals surface area contributed by atoms with Crippen LogP contribution >= 0.6 is 0 Å². The maximum absolute atomic E-state index is 13.2. The van der Waals surface area contributed by atoms with Crippen molar-refractivity contribution in [2.24, 2.45) is 5.92 Å². The third-order valence-corrected chi connectivity index (χ3v) is 4.66. The molecule has 8 nitrogen and oxygen atoms in total. The van der Waals surface area contributed by atoms with E-state index in [0.29, 0.717) is 31.6 Å². The molecule has 138 valence electrons. The number of aryl methyl sites for hydroxylation is 1. The van der Waals surface area contributed by atoms with E-state index >= 15 is 0 Å². The highest BCUT2D eigenvalue weighted by Crippen LogP contribution is 2.23. The molecule has 0 saturated carbocycles. The molecule has 0 aliphatic carbocycles. The van der Waals surface area contributed by atoms with Crippen LogP contribution in [-0.2, 0) is 16.0 Å². The lowest BCUT2D eigenvalue weighted by Crippen LogP contribution is -2.46. The predicted molar refractivity (Wildman–Crippen MR) is 88.6 cm³/mol. The normalized spacial score (nSPS) is 18.5. The van der Waals surface area contributed by atoms with Crippen molar-refractivity contribution in [3.63, 3.8) is 0 Å². The molecule has 9 heteroatoms. The van der Waals surface area contributed by atoms with Crippen molar-refractivity contribution in [1.82, 2.24) is 25.1 Å². The fraction of sp³-hybridized carbons (Fsp3) is 0.471. The largest absolute Gasteiger partial charge is 0.481 e. The second-order valence-electron chi connectivity index (χ2n) is 6.48. The van der Waals surface area contributed by atoms with E-state index in [4.69, 9.17) is 0 Å². The number of carbonyl (C=O) groups is 2. The Balaban J connectivity index is 1.85. The summed E-state index contributed by atoms with van der Waals surface area (Å²) in [6.45, 7) is 2.38. The Bertz CT molecular complexity index is 792. The average molecular weight is 361 g/mol. The number of amides is 1. The number of piperidine rings is 1. The van der Waals surface area contributed by atoms with Crippen LogP contribution in [0.15, 0.2) is 24.3 Å². The van der Waals surface area contributed by atoms with Gasteiger partial charge in [-0.1, -0.05) is 12.1 Å². The van der Waals surface area contributed by atoms with Gasteiger partial charge in [0, 0.05) is 19.5 Å². The minimum absolute atomic E-state index is 0.176. The number of rotatable bonds is 5. The van der Waals surface area contributed by atoms with Gasteiger partial charge in [-0.25, -0.2) is 9.07 Å². The Kier molecular flexibility index (Phi) is 5.24. The molecule has 1 aliphatic heterocycles. The maximum atomic E-state index is 13.2. The molecule has 1 fully saturated rings. The monoisotopic (exact) mass is 361 g/mol.